The van der Waals surface area contributed by atoms with Crippen molar-refractivity contribution in [2.45, 2.75) is 0 Å². The van der Waals surface area contributed by atoms with Crippen LogP contribution in [0.15, 0.2) is 29.2 Å². The maximum Gasteiger partial charge on any atom is 0.269 e. The number of hydrogen-bond donors (Lipinski definition) is 2. The molecule has 6 nitrogen and oxygen atoms in total. The van der Waals surface area contributed by atoms with E-state index < -0.39 is 0 Å². The summed E-state index contributed by atoms with van der Waals surface area (Å²) >= 11 is 12.1. The summed E-state index contributed by atoms with van der Waals surface area (Å²) in [6, 6.07) is 5.22. The predicted octanol–water partition coefficient (Wildman–Crippen LogP) is 2.71. The third-order valence-electron chi connectivity index (χ3n) is 2.90. The van der Waals surface area contributed by atoms with Crippen LogP contribution >= 0.6 is 23.2 Å². The van der Waals surface area contributed by atoms with E-state index in [0.29, 0.717) is 32.7 Å². The van der Waals surface area contributed by atoms with Crippen molar-refractivity contribution < 1.29 is 0 Å². The molecule has 0 aliphatic carbocycles. The molecule has 1 aromatic carbocycles. The van der Waals surface area contributed by atoms with E-state index in [1.165, 1.54) is 10.8 Å². The second kappa shape index (κ2) is 4.81. The minimum atomic E-state index is -0.223. The van der Waals surface area contributed by atoms with Gasteiger partial charge in [-0.15, -0.1) is 0 Å². The maximum atomic E-state index is 11.6. The molecule has 0 unspecified atom stereocenters. The fourth-order valence-corrected chi connectivity index (χ4v) is 2.21. The molecule has 2 heterocycles. The van der Waals surface area contributed by atoms with Crippen molar-refractivity contribution in [2.75, 3.05) is 5.32 Å². The van der Waals surface area contributed by atoms with Crippen LogP contribution in [0.25, 0.3) is 11.2 Å². The molecule has 0 aliphatic heterocycles. The summed E-state index contributed by atoms with van der Waals surface area (Å²) in [4.78, 5) is 15.6. The molecule has 0 saturated heterocycles. The van der Waals surface area contributed by atoms with Crippen LogP contribution in [0.4, 0.5) is 11.5 Å². The van der Waals surface area contributed by atoms with Crippen LogP contribution in [0.3, 0.4) is 0 Å². The Bertz CT molecular complexity index is 855. The summed E-state index contributed by atoms with van der Waals surface area (Å²) in [6.07, 6.45) is 1.23. The second-order valence-corrected chi connectivity index (χ2v) is 4.94. The topological polar surface area (TPSA) is 75.6 Å². The third kappa shape index (κ3) is 2.03. The average Bonchev–Trinajstić information content (AvgIpc) is 2.83. The molecule has 3 rings (SSSR count). The van der Waals surface area contributed by atoms with Crippen LogP contribution in [0.1, 0.15) is 0 Å². The number of fused-ring (bicyclic) bond motifs is 1. The second-order valence-electron chi connectivity index (χ2n) is 4.15. The first-order valence-corrected chi connectivity index (χ1v) is 6.44. The van der Waals surface area contributed by atoms with Crippen LogP contribution < -0.4 is 10.9 Å². The third-order valence-corrected chi connectivity index (χ3v) is 3.72. The molecule has 0 fully saturated rings. The number of halogens is 2. The fourth-order valence-electron chi connectivity index (χ4n) is 1.87. The number of aryl methyl sites for hydroxylation is 1. The number of H-pyrrole nitrogens is 1. The lowest BCUT2D eigenvalue weighted by Crippen LogP contribution is -2.16. The van der Waals surface area contributed by atoms with Gasteiger partial charge in [-0.05, 0) is 12.1 Å². The summed E-state index contributed by atoms with van der Waals surface area (Å²) in [5, 5.41) is 10.7. The Morgan fingerprint density at radius 2 is 2.15 bits per heavy atom. The van der Waals surface area contributed by atoms with E-state index >= 15 is 0 Å². The van der Waals surface area contributed by atoms with Gasteiger partial charge in [-0.3, -0.25) is 9.89 Å². The first kappa shape index (κ1) is 13.0. The molecule has 0 saturated carbocycles. The molecule has 2 N–H and O–H groups in total. The van der Waals surface area contributed by atoms with Gasteiger partial charge in [0.1, 0.15) is 5.52 Å². The van der Waals surface area contributed by atoms with E-state index in [-0.39, 0.29) is 5.56 Å². The summed E-state index contributed by atoms with van der Waals surface area (Å²) in [7, 11) is 1.65. The minimum Gasteiger partial charge on any atom is -0.336 e. The zero-order valence-corrected chi connectivity index (χ0v) is 11.8. The average molecular weight is 310 g/mol. The summed E-state index contributed by atoms with van der Waals surface area (Å²) in [6.45, 7) is 0. The molecule has 0 amide bonds. The zero-order valence-electron chi connectivity index (χ0n) is 10.3. The molecule has 0 spiro atoms. The van der Waals surface area contributed by atoms with E-state index in [2.05, 4.69) is 20.5 Å². The number of anilines is 2. The maximum absolute atomic E-state index is 11.6. The molecular weight excluding hydrogens is 301 g/mol. The van der Waals surface area contributed by atoms with Gasteiger partial charge in [-0.2, -0.15) is 5.10 Å². The highest BCUT2D eigenvalue weighted by atomic mass is 35.5. The number of aromatic amines is 1. The van der Waals surface area contributed by atoms with E-state index in [0.717, 1.165) is 0 Å². The summed E-state index contributed by atoms with van der Waals surface area (Å²) < 4.78 is 1.45. The van der Waals surface area contributed by atoms with Crippen LogP contribution in [0.5, 0.6) is 0 Å². The predicted molar refractivity (Wildman–Crippen MR) is 78.9 cm³/mol. The SMILES string of the molecule is Cn1c(=O)cnc2[nH]nc(Nc3cccc(Cl)c3Cl)c21. The van der Waals surface area contributed by atoms with Crippen LogP contribution in [-0.2, 0) is 7.05 Å². The van der Waals surface area contributed by atoms with Gasteiger partial charge in [0, 0.05) is 7.05 Å². The smallest absolute Gasteiger partial charge is 0.269 e. The lowest BCUT2D eigenvalue weighted by Gasteiger charge is -2.08. The highest BCUT2D eigenvalue weighted by Crippen LogP contribution is 2.32. The van der Waals surface area contributed by atoms with Crippen molar-refractivity contribution in [3.05, 3.63) is 44.8 Å². The van der Waals surface area contributed by atoms with Gasteiger partial charge in [0.15, 0.2) is 11.5 Å². The van der Waals surface area contributed by atoms with Crippen molar-refractivity contribution in [3.8, 4) is 0 Å². The Balaban J connectivity index is 2.14. The lowest BCUT2D eigenvalue weighted by molar-refractivity contribution is 0.892. The van der Waals surface area contributed by atoms with Gasteiger partial charge in [-0.25, -0.2) is 4.98 Å². The van der Waals surface area contributed by atoms with E-state index in [1.807, 2.05) is 0 Å². The zero-order chi connectivity index (χ0) is 14.3. The normalized spacial score (nSPS) is 10.9. The van der Waals surface area contributed by atoms with Crippen molar-refractivity contribution >= 4 is 45.9 Å². The standard InChI is InChI=1S/C12H9Cl2N5O/c1-19-8(20)5-15-11-10(19)12(18-17-11)16-7-4-2-3-6(13)9(7)14/h2-5H,1H3,(H2,16,17,18). The molecular formula is C12H9Cl2N5O. The number of hydrogen-bond acceptors (Lipinski definition) is 4. The molecule has 2 aromatic heterocycles. The first-order valence-electron chi connectivity index (χ1n) is 5.69. The lowest BCUT2D eigenvalue weighted by atomic mass is 10.3. The Kier molecular flexibility index (Phi) is 3.11. The summed E-state index contributed by atoms with van der Waals surface area (Å²) in [5.41, 5.74) is 1.45. The van der Waals surface area contributed by atoms with Crippen molar-refractivity contribution in [3.63, 3.8) is 0 Å². The molecule has 0 radical (unpaired) electrons. The van der Waals surface area contributed by atoms with Crippen LogP contribution in [0.2, 0.25) is 10.0 Å². The quantitative estimate of drug-likeness (QED) is 0.763. The Hall–Kier alpha value is -2.05. The van der Waals surface area contributed by atoms with E-state index in [1.54, 1.807) is 25.2 Å². The molecule has 20 heavy (non-hydrogen) atoms. The van der Waals surface area contributed by atoms with Crippen LogP contribution in [0, 0.1) is 0 Å². The van der Waals surface area contributed by atoms with E-state index in [9.17, 15) is 4.79 Å². The highest BCUT2D eigenvalue weighted by molar-refractivity contribution is 6.43. The number of rotatable bonds is 2. The Morgan fingerprint density at radius 1 is 1.35 bits per heavy atom. The monoisotopic (exact) mass is 309 g/mol. The molecule has 8 heteroatoms. The molecule has 0 bridgehead atoms. The van der Waals surface area contributed by atoms with Crippen LogP contribution in [-0.4, -0.2) is 19.7 Å². The number of nitrogens with one attached hydrogen (secondary N) is 2. The summed E-state index contributed by atoms with van der Waals surface area (Å²) in [5.74, 6) is 0.455. The number of benzene rings is 1. The Morgan fingerprint density at radius 3 is 2.95 bits per heavy atom. The Labute approximate surface area is 123 Å². The van der Waals surface area contributed by atoms with Crippen molar-refractivity contribution in [1.29, 1.82) is 0 Å². The van der Waals surface area contributed by atoms with Gasteiger partial charge in [0.05, 0.1) is 21.9 Å². The van der Waals surface area contributed by atoms with Crippen molar-refractivity contribution in [1.82, 2.24) is 19.7 Å². The minimum absolute atomic E-state index is 0.223. The van der Waals surface area contributed by atoms with Gasteiger partial charge < -0.3 is 9.88 Å². The fraction of sp³-hybridized carbons (Fsp3) is 0.0833. The molecule has 3 aromatic rings. The van der Waals surface area contributed by atoms with Crippen molar-refractivity contribution in [2.24, 2.45) is 7.05 Å². The van der Waals surface area contributed by atoms with E-state index in [4.69, 9.17) is 23.2 Å². The molecule has 102 valence electrons. The first-order chi connectivity index (χ1) is 9.58. The van der Waals surface area contributed by atoms with Gasteiger partial charge in [0.25, 0.3) is 5.56 Å². The largest absolute Gasteiger partial charge is 0.336 e. The number of nitrogens with zero attached hydrogens (tertiary/aromatic N) is 3. The molecule has 0 atom stereocenters. The van der Waals surface area contributed by atoms with Gasteiger partial charge in [0.2, 0.25) is 0 Å². The molecule has 0 aliphatic rings. The highest BCUT2D eigenvalue weighted by Gasteiger charge is 2.13. The number of aromatic nitrogens is 4. The van der Waals surface area contributed by atoms with Gasteiger partial charge in [-0.1, -0.05) is 29.3 Å². The van der Waals surface area contributed by atoms with Gasteiger partial charge >= 0.3 is 0 Å².